The van der Waals surface area contributed by atoms with Crippen LogP contribution in [0, 0.1) is 40.9 Å². The van der Waals surface area contributed by atoms with Crippen LogP contribution in [0.3, 0.4) is 0 Å². The normalized spacial score (nSPS) is 62.5. The molecule has 5 aliphatic rings. The van der Waals surface area contributed by atoms with Crippen molar-refractivity contribution in [1.82, 2.24) is 0 Å². The van der Waals surface area contributed by atoms with Gasteiger partial charge in [-0.05, 0) is 67.6 Å². The quantitative estimate of drug-likeness (QED) is 0.474. The average Bonchev–Trinajstić information content (AvgIpc) is 3.04. The Morgan fingerprint density at radius 2 is 1.88 bits per heavy atom. The molecule has 4 saturated carbocycles. The zero-order valence-electron chi connectivity index (χ0n) is 10.2. The third-order valence-corrected chi connectivity index (χ3v) is 7.08. The van der Waals surface area contributed by atoms with E-state index in [9.17, 15) is 4.79 Å². The van der Waals surface area contributed by atoms with E-state index in [2.05, 4.69) is 0 Å². The molecular formula is C15H20O2. The van der Waals surface area contributed by atoms with Crippen molar-refractivity contribution in [3.63, 3.8) is 0 Å². The van der Waals surface area contributed by atoms with Crippen LogP contribution in [-0.4, -0.2) is 12.6 Å². The lowest BCUT2D eigenvalue weighted by molar-refractivity contribution is -0.137. The van der Waals surface area contributed by atoms with Gasteiger partial charge in [-0.1, -0.05) is 0 Å². The van der Waals surface area contributed by atoms with E-state index < -0.39 is 0 Å². The summed E-state index contributed by atoms with van der Waals surface area (Å²) in [6.07, 6.45) is 8.01. The number of fused-ring (bicyclic) bond motifs is 10. The SMILES string of the molecule is O=C1CC2(CO1)CC1CC2C2C3CCC(C3)C12. The molecule has 4 bridgehead atoms. The first-order valence-corrected chi connectivity index (χ1v) is 7.42. The van der Waals surface area contributed by atoms with Crippen molar-refractivity contribution < 1.29 is 9.53 Å². The smallest absolute Gasteiger partial charge is 0.306 e. The molecule has 0 aromatic carbocycles. The molecule has 1 spiro atoms. The van der Waals surface area contributed by atoms with Crippen LogP contribution in [0.4, 0.5) is 0 Å². The monoisotopic (exact) mass is 232 g/mol. The molecule has 17 heavy (non-hydrogen) atoms. The minimum absolute atomic E-state index is 0.0808. The van der Waals surface area contributed by atoms with Crippen molar-refractivity contribution in [2.24, 2.45) is 40.9 Å². The van der Waals surface area contributed by atoms with E-state index >= 15 is 0 Å². The molecule has 7 unspecified atom stereocenters. The second-order valence-corrected chi connectivity index (χ2v) is 7.49. The Bertz CT molecular complexity index is 404. The number of hydrogen-bond acceptors (Lipinski definition) is 2. The third kappa shape index (κ3) is 0.946. The van der Waals surface area contributed by atoms with E-state index in [-0.39, 0.29) is 5.97 Å². The highest BCUT2D eigenvalue weighted by molar-refractivity contribution is 5.72. The fraction of sp³-hybridized carbons (Fsp3) is 0.933. The molecule has 5 rings (SSSR count). The number of carbonyl (C=O) groups is 1. The van der Waals surface area contributed by atoms with Gasteiger partial charge in [0, 0.05) is 5.41 Å². The Morgan fingerprint density at radius 3 is 2.65 bits per heavy atom. The van der Waals surface area contributed by atoms with E-state index in [4.69, 9.17) is 4.74 Å². The van der Waals surface area contributed by atoms with Crippen LogP contribution in [0.15, 0.2) is 0 Å². The summed E-state index contributed by atoms with van der Waals surface area (Å²) in [5.74, 6) is 6.01. The van der Waals surface area contributed by atoms with Crippen LogP contribution in [0.2, 0.25) is 0 Å². The van der Waals surface area contributed by atoms with Crippen molar-refractivity contribution in [3.8, 4) is 0 Å². The molecule has 2 nitrogen and oxygen atoms in total. The maximum atomic E-state index is 11.5. The second kappa shape index (κ2) is 2.73. The second-order valence-electron chi connectivity index (χ2n) is 7.49. The molecule has 1 heterocycles. The Balaban J connectivity index is 1.54. The lowest BCUT2D eigenvalue weighted by Crippen LogP contribution is -2.40. The van der Waals surface area contributed by atoms with E-state index in [1.54, 1.807) is 0 Å². The largest absolute Gasteiger partial charge is 0.465 e. The lowest BCUT2D eigenvalue weighted by Gasteiger charge is -2.43. The van der Waals surface area contributed by atoms with Gasteiger partial charge >= 0.3 is 5.97 Å². The molecule has 4 aliphatic carbocycles. The van der Waals surface area contributed by atoms with Gasteiger partial charge in [0.05, 0.1) is 13.0 Å². The van der Waals surface area contributed by atoms with Crippen molar-refractivity contribution >= 4 is 5.97 Å². The van der Waals surface area contributed by atoms with Crippen molar-refractivity contribution in [2.75, 3.05) is 6.61 Å². The number of ether oxygens (including phenoxy) is 1. The topological polar surface area (TPSA) is 26.3 Å². The summed E-state index contributed by atoms with van der Waals surface area (Å²) in [6, 6.07) is 0. The highest BCUT2D eigenvalue weighted by atomic mass is 16.5. The zero-order chi connectivity index (χ0) is 11.2. The first-order chi connectivity index (χ1) is 8.27. The molecule has 0 aromatic rings. The molecule has 0 radical (unpaired) electrons. The van der Waals surface area contributed by atoms with Crippen LogP contribution in [0.25, 0.3) is 0 Å². The highest BCUT2D eigenvalue weighted by Gasteiger charge is 2.68. The van der Waals surface area contributed by atoms with Crippen molar-refractivity contribution in [2.45, 2.75) is 38.5 Å². The summed E-state index contributed by atoms with van der Waals surface area (Å²) >= 11 is 0. The number of carbonyl (C=O) groups excluding carboxylic acids is 1. The van der Waals surface area contributed by atoms with Gasteiger partial charge in [-0.2, -0.15) is 0 Å². The summed E-state index contributed by atoms with van der Waals surface area (Å²) in [4.78, 5) is 11.5. The Kier molecular flexibility index (Phi) is 1.51. The molecule has 1 saturated heterocycles. The minimum atomic E-state index is 0.0808. The van der Waals surface area contributed by atoms with Gasteiger partial charge in [0.15, 0.2) is 0 Å². The molecule has 92 valence electrons. The molecule has 0 N–H and O–H groups in total. The van der Waals surface area contributed by atoms with Crippen LogP contribution >= 0.6 is 0 Å². The van der Waals surface area contributed by atoms with E-state index in [0.717, 1.165) is 48.5 Å². The molecule has 5 fully saturated rings. The number of cyclic esters (lactones) is 1. The van der Waals surface area contributed by atoms with Gasteiger partial charge in [0.25, 0.3) is 0 Å². The molecule has 1 aliphatic heterocycles. The van der Waals surface area contributed by atoms with Crippen LogP contribution < -0.4 is 0 Å². The van der Waals surface area contributed by atoms with Crippen molar-refractivity contribution in [3.05, 3.63) is 0 Å². The summed E-state index contributed by atoms with van der Waals surface area (Å²) in [7, 11) is 0. The van der Waals surface area contributed by atoms with E-state index in [0.29, 0.717) is 5.41 Å². The predicted molar refractivity (Wildman–Crippen MR) is 62.0 cm³/mol. The molecule has 2 heteroatoms. The predicted octanol–water partition coefficient (Wildman–Crippen LogP) is 2.62. The van der Waals surface area contributed by atoms with Gasteiger partial charge in [-0.3, -0.25) is 4.79 Å². The first-order valence-electron chi connectivity index (χ1n) is 7.42. The summed E-state index contributed by atoms with van der Waals surface area (Å²) in [5.41, 5.74) is 0.299. The zero-order valence-corrected chi connectivity index (χ0v) is 10.2. The fourth-order valence-corrected chi connectivity index (χ4v) is 6.85. The molecule has 0 aromatic heterocycles. The fourth-order valence-electron chi connectivity index (χ4n) is 6.85. The highest BCUT2D eigenvalue weighted by Crippen LogP contribution is 2.73. The third-order valence-electron chi connectivity index (χ3n) is 7.08. The maximum Gasteiger partial charge on any atom is 0.306 e. The minimum Gasteiger partial charge on any atom is -0.465 e. The van der Waals surface area contributed by atoms with Gasteiger partial charge in [-0.25, -0.2) is 0 Å². The average molecular weight is 232 g/mol. The van der Waals surface area contributed by atoms with E-state index in [1.165, 1.54) is 32.1 Å². The molecule has 7 atom stereocenters. The summed E-state index contributed by atoms with van der Waals surface area (Å²) in [5, 5.41) is 0. The van der Waals surface area contributed by atoms with Gasteiger partial charge in [0.2, 0.25) is 0 Å². The standard InChI is InChI=1S/C15H20O2/c16-12-6-15(7-17-12)5-10-4-11(15)14-9-2-1-8(3-9)13(10)14/h8-11,13-14H,1-7H2. The summed E-state index contributed by atoms with van der Waals surface area (Å²) < 4.78 is 5.33. The van der Waals surface area contributed by atoms with Crippen molar-refractivity contribution in [1.29, 1.82) is 0 Å². The molecular weight excluding hydrogens is 212 g/mol. The van der Waals surface area contributed by atoms with Gasteiger partial charge in [0.1, 0.15) is 0 Å². The Labute approximate surface area is 102 Å². The van der Waals surface area contributed by atoms with Crippen LogP contribution in [0.1, 0.15) is 38.5 Å². The number of esters is 1. The number of rotatable bonds is 0. The van der Waals surface area contributed by atoms with Gasteiger partial charge < -0.3 is 4.74 Å². The molecule has 0 amide bonds. The Hall–Kier alpha value is -0.530. The lowest BCUT2D eigenvalue weighted by atomic mass is 9.60. The first kappa shape index (κ1) is 9.41. The van der Waals surface area contributed by atoms with E-state index in [1.807, 2.05) is 0 Å². The number of hydrogen-bond donors (Lipinski definition) is 0. The van der Waals surface area contributed by atoms with Crippen LogP contribution in [-0.2, 0) is 9.53 Å². The summed E-state index contributed by atoms with van der Waals surface area (Å²) in [6.45, 7) is 0.758. The van der Waals surface area contributed by atoms with Gasteiger partial charge in [-0.15, -0.1) is 0 Å². The van der Waals surface area contributed by atoms with Crippen LogP contribution in [0.5, 0.6) is 0 Å². The maximum absolute atomic E-state index is 11.5. The Morgan fingerprint density at radius 1 is 1.06 bits per heavy atom.